The van der Waals surface area contributed by atoms with Gasteiger partial charge in [0.2, 0.25) is 6.43 Å². The number of para-hydroxylation sites is 1. The fourth-order valence-electron chi connectivity index (χ4n) is 2.04. The topological polar surface area (TPSA) is 52.6 Å². The lowest BCUT2D eigenvalue weighted by Crippen LogP contribution is -2.54. The summed E-state index contributed by atoms with van der Waals surface area (Å²) in [4.78, 5) is 12.9. The van der Waals surface area contributed by atoms with Crippen molar-refractivity contribution in [3.63, 3.8) is 0 Å². The third kappa shape index (κ3) is 3.29. The number of halogens is 2. The summed E-state index contributed by atoms with van der Waals surface area (Å²) >= 11 is 5.12. The predicted octanol–water partition coefficient (Wildman–Crippen LogP) is 1.51. The van der Waals surface area contributed by atoms with E-state index in [1.165, 1.54) is 4.90 Å². The van der Waals surface area contributed by atoms with Crippen molar-refractivity contribution in [2.45, 2.75) is 12.5 Å². The molecular weight excluding hydrogens is 286 g/mol. The number of nitrogens with zero attached hydrogens (tertiary/aromatic N) is 1. The molecule has 1 saturated heterocycles. The number of alkyl halides is 2. The first-order valence-corrected chi connectivity index (χ1v) is 6.50. The van der Waals surface area contributed by atoms with Crippen LogP contribution in [-0.4, -0.2) is 46.5 Å². The van der Waals surface area contributed by atoms with Gasteiger partial charge in [0.1, 0.15) is 6.10 Å². The number of piperidine rings is 1. The van der Waals surface area contributed by atoms with E-state index in [2.05, 4.69) is 5.32 Å². The second-order valence-corrected chi connectivity index (χ2v) is 4.97. The average molecular weight is 300 g/mol. The summed E-state index contributed by atoms with van der Waals surface area (Å²) in [6.45, 7) is -0.313. The first-order chi connectivity index (χ1) is 9.49. The van der Waals surface area contributed by atoms with Crippen molar-refractivity contribution >= 4 is 28.8 Å². The molecule has 1 aromatic carbocycles. The molecule has 1 aliphatic heterocycles. The minimum Gasteiger partial charge on any atom is -0.385 e. The number of ketones is 1. The molecule has 0 bridgehead atoms. The number of Topliss-reactive ketones (excluding diaryl/α,β-unsaturated/α-hetero) is 1. The molecule has 0 aromatic heterocycles. The number of rotatable bonds is 2. The Hall–Kier alpha value is -1.60. The van der Waals surface area contributed by atoms with Crippen molar-refractivity contribution < 1.29 is 18.7 Å². The van der Waals surface area contributed by atoms with Crippen LogP contribution in [0, 0.1) is 5.92 Å². The maximum atomic E-state index is 12.8. The number of carbonyl (C=O) groups excluding carboxylic acids is 1. The Morgan fingerprint density at radius 2 is 2.05 bits per heavy atom. The minimum atomic E-state index is -2.77. The molecule has 0 saturated carbocycles. The summed E-state index contributed by atoms with van der Waals surface area (Å²) in [5.74, 6) is -2.05. The molecule has 0 unspecified atom stereocenters. The lowest BCUT2D eigenvalue weighted by atomic mass is 9.94. The molecule has 2 atom stereocenters. The van der Waals surface area contributed by atoms with E-state index in [-0.39, 0.29) is 18.2 Å². The standard InChI is InChI=1S/C13H14F2N2O2S/c14-12(15)9-6-17(7-10(18)11(9)19)13(20)16-8-4-2-1-3-5-8/h1-5,9,11-12,19H,6-7H2,(H,16,20)/t9-,11+/m0/s1. The number of nitrogens with one attached hydrogen (secondary N) is 1. The molecule has 2 N–H and O–H groups in total. The lowest BCUT2D eigenvalue weighted by molar-refractivity contribution is -0.139. The van der Waals surface area contributed by atoms with Crippen LogP contribution in [0.2, 0.25) is 0 Å². The van der Waals surface area contributed by atoms with Gasteiger partial charge in [0, 0.05) is 12.2 Å². The average Bonchev–Trinajstić information content (AvgIpc) is 2.42. The van der Waals surface area contributed by atoms with Crippen LogP contribution < -0.4 is 5.32 Å². The Bertz CT molecular complexity index is 498. The third-order valence-corrected chi connectivity index (χ3v) is 3.51. The van der Waals surface area contributed by atoms with Crippen LogP contribution in [0.25, 0.3) is 0 Å². The monoisotopic (exact) mass is 300 g/mol. The Balaban J connectivity index is 2.05. The number of aliphatic hydroxyl groups excluding tert-OH is 1. The van der Waals surface area contributed by atoms with Crippen molar-refractivity contribution in [1.82, 2.24) is 4.90 Å². The Morgan fingerprint density at radius 3 is 2.65 bits per heavy atom. The number of aliphatic hydroxyl groups is 1. The van der Waals surface area contributed by atoms with Crippen molar-refractivity contribution in [2.24, 2.45) is 5.92 Å². The van der Waals surface area contributed by atoms with E-state index >= 15 is 0 Å². The molecule has 1 heterocycles. The van der Waals surface area contributed by atoms with Crippen LogP contribution >= 0.6 is 12.2 Å². The third-order valence-electron chi connectivity index (χ3n) is 3.15. The zero-order valence-electron chi connectivity index (χ0n) is 10.5. The fourth-order valence-corrected chi connectivity index (χ4v) is 2.29. The summed E-state index contributed by atoms with van der Waals surface area (Å²) in [7, 11) is 0. The molecule has 1 aromatic rings. The zero-order valence-corrected chi connectivity index (χ0v) is 11.3. The van der Waals surface area contributed by atoms with E-state index in [1.54, 1.807) is 24.3 Å². The molecule has 1 aliphatic rings. The zero-order chi connectivity index (χ0) is 14.7. The van der Waals surface area contributed by atoms with Gasteiger partial charge in [0.25, 0.3) is 0 Å². The molecule has 1 fully saturated rings. The summed E-state index contributed by atoms with van der Waals surface area (Å²) in [6, 6.07) is 8.99. The number of benzene rings is 1. The van der Waals surface area contributed by atoms with E-state index in [0.717, 1.165) is 0 Å². The summed E-state index contributed by atoms with van der Waals surface area (Å²) in [6.07, 6.45) is -4.39. The molecule has 108 valence electrons. The van der Waals surface area contributed by atoms with Gasteiger partial charge >= 0.3 is 0 Å². The van der Waals surface area contributed by atoms with E-state index in [1.807, 2.05) is 6.07 Å². The number of carbonyl (C=O) groups is 1. The van der Waals surface area contributed by atoms with Gasteiger partial charge < -0.3 is 15.3 Å². The smallest absolute Gasteiger partial charge is 0.246 e. The van der Waals surface area contributed by atoms with Gasteiger partial charge in [-0.05, 0) is 24.4 Å². The molecular formula is C13H14F2N2O2S. The van der Waals surface area contributed by atoms with E-state index in [4.69, 9.17) is 12.2 Å². The largest absolute Gasteiger partial charge is 0.385 e. The Kier molecular flexibility index (Phi) is 4.61. The normalized spacial score (nSPS) is 23.0. The maximum Gasteiger partial charge on any atom is 0.246 e. The molecule has 0 radical (unpaired) electrons. The van der Waals surface area contributed by atoms with Crippen molar-refractivity contribution in [1.29, 1.82) is 0 Å². The Labute approximate surface area is 120 Å². The second kappa shape index (κ2) is 6.23. The molecule has 0 amide bonds. The van der Waals surface area contributed by atoms with Gasteiger partial charge in [0.15, 0.2) is 10.9 Å². The van der Waals surface area contributed by atoms with Gasteiger partial charge in [-0.2, -0.15) is 0 Å². The van der Waals surface area contributed by atoms with Gasteiger partial charge in [-0.15, -0.1) is 0 Å². The molecule has 2 rings (SSSR count). The van der Waals surface area contributed by atoms with E-state index in [0.29, 0.717) is 5.69 Å². The number of anilines is 1. The highest BCUT2D eigenvalue weighted by Gasteiger charge is 2.40. The Morgan fingerprint density at radius 1 is 1.40 bits per heavy atom. The van der Waals surface area contributed by atoms with Gasteiger partial charge in [-0.1, -0.05) is 18.2 Å². The van der Waals surface area contributed by atoms with Crippen molar-refractivity contribution in [3.05, 3.63) is 30.3 Å². The van der Waals surface area contributed by atoms with Crippen molar-refractivity contribution in [2.75, 3.05) is 18.4 Å². The van der Waals surface area contributed by atoms with Crippen LogP contribution in [0.1, 0.15) is 0 Å². The van der Waals surface area contributed by atoms with E-state index in [9.17, 15) is 18.7 Å². The summed E-state index contributed by atoms with van der Waals surface area (Å²) < 4.78 is 25.6. The highest BCUT2D eigenvalue weighted by Crippen LogP contribution is 2.22. The molecule has 20 heavy (non-hydrogen) atoms. The van der Waals surface area contributed by atoms with Gasteiger partial charge in [0.05, 0.1) is 12.5 Å². The van der Waals surface area contributed by atoms with Gasteiger partial charge in [-0.3, -0.25) is 4.79 Å². The number of hydrogen-bond acceptors (Lipinski definition) is 3. The summed E-state index contributed by atoms with van der Waals surface area (Å²) in [5.41, 5.74) is 0.713. The van der Waals surface area contributed by atoms with Crippen LogP contribution in [0.3, 0.4) is 0 Å². The van der Waals surface area contributed by atoms with Gasteiger partial charge in [-0.25, -0.2) is 8.78 Å². The molecule has 7 heteroatoms. The molecule has 4 nitrogen and oxygen atoms in total. The number of hydrogen-bond donors (Lipinski definition) is 2. The van der Waals surface area contributed by atoms with Crippen LogP contribution in [0.4, 0.5) is 14.5 Å². The van der Waals surface area contributed by atoms with Crippen LogP contribution in [-0.2, 0) is 4.79 Å². The van der Waals surface area contributed by atoms with Crippen LogP contribution in [0.15, 0.2) is 30.3 Å². The lowest BCUT2D eigenvalue weighted by Gasteiger charge is -2.36. The maximum absolute atomic E-state index is 12.8. The summed E-state index contributed by atoms with van der Waals surface area (Å²) in [5, 5.41) is 12.6. The van der Waals surface area contributed by atoms with Crippen molar-refractivity contribution in [3.8, 4) is 0 Å². The highest BCUT2D eigenvalue weighted by molar-refractivity contribution is 7.80. The quantitative estimate of drug-likeness (QED) is 0.811. The second-order valence-electron chi connectivity index (χ2n) is 4.59. The number of likely N-dealkylation sites (tertiary alicyclic amines) is 1. The first-order valence-electron chi connectivity index (χ1n) is 6.09. The molecule has 0 aliphatic carbocycles. The molecule has 0 spiro atoms. The minimum absolute atomic E-state index is 0.150. The predicted molar refractivity (Wildman–Crippen MR) is 74.7 cm³/mol. The SMILES string of the molecule is O=C1CN(C(=S)Nc2ccccc2)C[C@H](C(F)F)[C@H]1O. The first kappa shape index (κ1) is 14.8. The number of thiocarbonyl (C=S) groups is 1. The van der Waals surface area contributed by atoms with E-state index < -0.39 is 24.2 Å². The highest BCUT2D eigenvalue weighted by atomic mass is 32.1. The van der Waals surface area contributed by atoms with Crippen LogP contribution in [0.5, 0.6) is 0 Å². The fraction of sp³-hybridized carbons (Fsp3) is 0.385.